The number of hydrogen-bond donors (Lipinski definition) is 0. The smallest absolute Gasteiger partial charge is 0.324 e. The largest absolute Gasteiger partial charge is 0.457 e. The number of fused-ring (bicyclic) bond motifs is 1. The van der Waals surface area contributed by atoms with Crippen molar-refractivity contribution in [1.82, 2.24) is 0 Å². The number of ether oxygens (including phenoxy) is 1. The second-order valence-corrected chi connectivity index (χ2v) is 5.23. The molecule has 2 nitrogen and oxygen atoms in total. The van der Waals surface area contributed by atoms with E-state index in [-0.39, 0.29) is 6.92 Å². The van der Waals surface area contributed by atoms with Crippen molar-refractivity contribution in [2.24, 2.45) is 0 Å². The Hall–Kier alpha value is -1.45. The van der Waals surface area contributed by atoms with Crippen LogP contribution < -0.4 is 10.2 Å². The molecule has 0 aromatic heterocycles. The van der Waals surface area contributed by atoms with Crippen molar-refractivity contribution in [3.63, 3.8) is 0 Å². The zero-order valence-corrected chi connectivity index (χ0v) is 11.7. The predicted octanol–water partition coefficient (Wildman–Crippen LogP) is 3.80. The van der Waals surface area contributed by atoms with Crippen LogP contribution in [0.3, 0.4) is 0 Å². The van der Waals surface area contributed by atoms with Crippen LogP contribution in [0, 0.1) is 6.92 Å². The summed E-state index contributed by atoms with van der Waals surface area (Å²) in [5, 5.41) is 0.718. The van der Waals surface area contributed by atoms with Crippen molar-refractivity contribution in [3.8, 4) is 11.5 Å². The van der Waals surface area contributed by atoms with Crippen molar-refractivity contribution in [1.29, 1.82) is 0 Å². The quantitative estimate of drug-likeness (QED) is 0.774. The minimum Gasteiger partial charge on any atom is -0.457 e. The second-order valence-electron chi connectivity index (χ2n) is 4.83. The van der Waals surface area contributed by atoms with Crippen LogP contribution in [-0.2, 0) is 11.3 Å². The highest BCUT2D eigenvalue weighted by atomic mass is 35.5. The highest BCUT2D eigenvalue weighted by molar-refractivity contribution is 6.67. The Labute approximate surface area is 118 Å². The lowest BCUT2D eigenvalue weighted by Gasteiger charge is -2.08. The molecule has 0 spiro atoms. The third-order valence-corrected chi connectivity index (χ3v) is 3.83. The van der Waals surface area contributed by atoms with Gasteiger partial charge >= 0.3 is 6.92 Å². The van der Waals surface area contributed by atoms with Crippen LogP contribution in [0.2, 0.25) is 11.8 Å². The van der Waals surface area contributed by atoms with Gasteiger partial charge in [-0.15, -0.1) is 0 Å². The maximum absolute atomic E-state index is 6.09. The Kier molecular flexibility index (Phi) is 3.25. The van der Waals surface area contributed by atoms with Gasteiger partial charge in [0, 0.05) is 5.02 Å². The number of aryl methyl sites for hydroxylation is 1. The molecule has 1 aliphatic heterocycles. The molecular weight excluding hydrogens is 258 g/mol. The van der Waals surface area contributed by atoms with E-state index < -0.39 is 0 Å². The molecule has 96 valence electrons. The fourth-order valence-corrected chi connectivity index (χ4v) is 2.42. The molecule has 0 unspecified atom stereocenters. The van der Waals surface area contributed by atoms with Gasteiger partial charge in [0.1, 0.15) is 11.5 Å². The average Bonchev–Trinajstić information content (AvgIpc) is 2.75. The van der Waals surface area contributed by atoms with E-state index in [0.29, 0.717) is 6.61 Å². The van der Waals surface area contributed by atoms with Crippen molar-refractivity contribution in [2.45, 2.75) is 20.4 Å². The van der Waals surface area contributed by atoms with Gasteiger partial charge in [0.15, 0.2) is 0 Å². The fraction of sp³-hybridized carbons (Fsp3) is 0.200. The number of halogens is 1. The van der Waals surface area contributed by atoms with E-state index >= 15 is 0 Å². The molecule has 0 fully saturated rings. The van der Waals surface area contributed by atoms with Gasteiger partial charge in [-0.05, 0) is 47.8 Å². The SMILES string of the molecule is CB1OCc2cc(Oc3ccc(C)c(Cl)c3)ccc21. The first-order chi connectivity index (χ1) is 9.13. The lowest BCUT2D eigenvalue weighted by Crippen LogP contribution is -2.23. The van der Waals surface area contributed by atoms with E-state index in [1.54, 1.807) is 0 Å². The van der Waals surface area contributed by atoms with E-state index in [4.69, 9.17) is 21.0 Å². The summed E-state index contributed by atoms with van der Waals surface area (Å²) in [6.45, 7) is 4.87. The fourth-order valence-electron chi connectivity index (χ4n) is 2.24. The summed E-state index contributed by atoms with van der Waals surface area (Å²) in [5.74, 6) is 1.57. The molecule has 19 heavy (non-hydrogen) atoms. The second kappa shape index (κ2) is 4.91. The van der Waals surface area contributed by atoms with Crippen molar-refractivity contribution in [2.75, 3.05) is 0 Å². The zero-order valence-electron chi connectivity index (χ0n) is 10.9. The number of benzene rings is 2. The van der Waals surface area contributed by atoms with Crippen molar-refractivity contribution >= 4 is 24.0 Å². The summed E-state index contributed by atoms with van der Waals surface area (Å²) in [4.78, 5) is 0. The van der Waals surface area contributed by atoms with Gasteiger partial charge in [0.2, 0.25) is 0 Å². The maximum atomic E-state index is 6.09. The molecule has 0 amide bonds. The molecule has 0 saturated carbocycles. The topological polar surface area (TPSA) is 18.5 Å². The minimum absolute atomic E-state index is 0.179. The van der Waals surface area contributed by atoms with Gasteiger partial charge in [0.05, 0.1) is 6.61 Å². The Morgan fingerprint density at radius 2 is 1.89 bits per heavy atom. The van der Waals surface area contributed by atoms with E-state index in [9.17, 15) is 0 Å². The average molecular weight is 273 g/mol. The summed E-state index contributed by atoms with van der Waals surface area (Å²) in [7, 11) is 0. The molecule has 2 aromatic rings. The predicted molar refractivity (Wildman–Crippen MR) is 78.7 cm³/mol. The van der Waals surface area contributed by atoms with E-state index in [0.717, 1.165) is 22.1 Å². The normalized spacial score (nSPS) is 13.5. The summed E-state index contributed by atoms with van der Waals surface area (Å²) in [6.07, 6.45) is 0. The van der Waals surface area contributed by atoms with Crippen LogP contribution >= 0.6 is 11.6 Å². The molecule has 0 aliphatic carbocycles. The van der Waals surface area contributed by atoms with Gasteiger partial charge < -0.3 is 9.39 Å². The van der Waals surface area contributed by atoms with Gasteiger partial charge in [-0.2, -0.15) is 0 Å². The molecule has 1 aliphatic rings. The van der Waals surface area contributed by atoms with Gasteiger partial charge in [0.25, 0.3) is 0 Å². The third-order valence-electron chi connectivity index (χ3n) is 3.42. The first-order valence-corrected chi connectivity index (χ1v) is 6.70. The molecule has 0 atom stereocenters. The van der Waals surface area contributed by atoms with Crippen LogP contribution in [0.1, 0.15) is 11.1 Å². The molecule has 1 heterocycles. The van der Waals surface area contributed by atoms with Crippen molar-refractivity contribution in [3.05, 3.63) is 52.5 Å². The lowest BCUT2D eigenvalue weighted by molar-refractivity contribution is 0.333. The van der Waals surface area contributed by atoms with Crippen LogP contribution in [0.4, 0.5) is 0 Å². The Morgan fingerprint density at radius 1 is 1.16 bits per heavy atom. The first-order valence-electron chi connectivity index (χ1n) is 6.32. The molecule has 2 aromatic carbocycles. The van der Waals surface area contributed by atoms with Crippen LogP contribution in [0.15, 0.2) is 36.4 Å². The van der Waals surface area contributed by atoms with Crippen LogP contribution in [-0.4, -0.2) is 6.92 Å². The standard InChI is InChI=1S/C15H14BClO2/c1-10-3-4-13(8-15(10)17)19-12-5-6-14-11(7-12)9-18-16(14)2/h3-8H,9H2,1-2H3. The molecule has 4 heteroatoms. The van der Waals surface area contributed by atoms with E-state index in [1.807, 2.05) is 37.3 Å². The molecule has 0 bridgehead atoms. The monoisotopic (exact) mass is 272 g/mol. The third kappa shape index (κ3) is 2.49. The van der Waals surface area contributed by atoms with Gasteiger partial charge in [-0.1, -0.05) is 30.6 Å². The highest BCUT2D eigenvalue weighted by Gasteiger charge is 2.23. The molecule has 3 rings (SSSR count). The van der Waals surface area contributed by atoms with E-state index in [2.05, 4.69) is 12.9 Å². The lowest BCUT2D eigenvalue weighted by atomic mass is 9.64. The van der Waals surface area contributed by atoms with E-state index in [1.165, 1.54) is 11.0 Å². The summed E-state index contributed by atoms with van der Waals surface area (Å²) in [5.41, 5.74) is 3.49. The molecular formula is C15H14BClO2. The summed E-state index contributed by atoms with van der Waals surface area (Å²) >= 11 is 6.09. The highest BCUT2D eigenvalue weighted by Crippen LogP contribution is 2.27. The zero-order chi connectivity index (χ0) is 13.4. The maximum Gasteiger partial charge on any atom is 0.324 e. The molecule has 0 N–H and O–H groups in total. The van der Waals surface area contributed by atoms with Crippen LogP contribution in [0.25, 0.3) is 0 Å². The van der Waals surface area contributed by atoms with Gasteiger partial charge in [-0.25, -0.2) is 0 Å². The molecule has 0 saturated heterocycles. The Morgan fingerprint density at radius 3 is 2.68 bits per heavy atom. The molecule has 0 radical (unpaired) electrons. The van der Waals surface area contributed by atoms with Crippen molar-refractivity contribution < 1.29 is 9.39 Å². The number of rotatable bonds is 2. The van der Waals surface area contributed by atoms with Crippen LogP contribution in [0.5, 0.6) is 11.5 Å². The summed E-state index contributed by atoms with van der Waals surface area (Å²) in [6, 6.07) is 11.8. The summed E-state index contributed by atoms with van der Waals surface area (Å²) < 4.78 is 11.4. The minimum atomic E-state index is 0.179. The first kappa shape index (κ1) is 12.6. The Balaban J connectivity index is 1.86. The Bertz CT molecular complexity index is 628. The number of hydrogen-bond acceptors (Lipinski definition) is 2. The van der Waals surface area contributed by atoms with Gasteiger partial charge in [-0.3, -0.25) is 0 Å².